The van der Waals surface area contributed by atoms with Gasteiger partial charge in [-0.05, 0) is 18.8 Å². The van der Waals surface area contributed by atoms with Gasteiger partial charge in [-0.1, -0.05) is 13.8 Å². The van der Waals surface area contributed by atoms with E-state index in [0.717, 1.165) is 6.42 Å². The van der Waals surface area contributed by atoms with Crippen molar-refractivity contribution in [2.24, 2.45) is 23.2 Å². The first-order chi connectivity index (χ1) is 11.1. The predicted molar refractivity (Wildman–Crippen MR) is 84.1 cm³/mol. The molecule has 0 unspecified atom stereocenters. The van der Waals surface area contributed by atoms with Crippen molar-refractivity contribution in [2.75, 3.05) is 7.11 Å². The number of fused-ring (bicyclic) bond motifs is 1. The molecule has 0 aromatic carbocycles. The van der Waals surface area contributed by atoms with Crippen molar-refractivity contribution in [3.63, 3.8) is 0 Å². The number of hydrogen-bond donors (Lipinski definition) is 2. The van der Waals surface area contributed by atoms with E-state index in [0.29, 0.717) is 6.42 Å². The van der Waals surface area contributed by atoms with E-state index in [2.05, 4.69) is 13.8 Å². The highest BCUT2D eigenvalue weighted by Gasteiger charge is 2.81. The molecule has 4 rings (SSSR count). The Bertz CT molecular complexity index is 572. The lowest BCUT2D eigenvalue weighted by Gasteiger charge is -2.61. The molecule has 4 aliphatic rings. The maximum absolute atomic E-state index is 11.7. The van der Waals surface area contributed by atoms with Crippen LogP contribution in [-0.4, -0.2) is 58.9 Å². The van der Waals surface area contributed by atoms with Crippen LogP contribution in [0.4, 0.5) is 0 Å². The number of hydrogen-bond acceptors (Lipinski definition) is 6. The lowest BCUT2D eigenvalue weighted by atomic mass is 9.47. The smallest absolute Gasteiger partial charge is 0.303 e. The Labute approximate surface area is 142 Å². The fourth-order valence-electron chi connectivity index (χ4n) is 6.53. The van der Waals surface area contributed by atoms with E-state index in [1.165, 1.54) is 6.92 Å². The lowest BCUT2D eigenvalue weighted by Crippen LogP contribution is -2.68. The number of methoxy groups -OCH3 is 1. The summed E-state index contributed by atoms with van der Waals surface area (Å²) in [7, 11) is 1.57. The van der Waals surface area contributed by atoms with Crippen molar-refractivity contribution in [1.29, 1.82) is 0 Å². The summed E-state index contributed by atoms with van der Waals surface area (Å²) in [6, 6.07) is 0. The van der Waals surface area contributed by atoms with Crippen LogP contribution in [0, 0.1) is 23.2 Å². The molecule has 4 fully saturated rings. The topological polar surface area (TPSA) is 85.2 Å². The third-order valence-electron chi connectivity index (χ3n) is 7.33. The van der Waals surface area contributed by atoms with Gasteiger partial charge in [0.1, 0.15) is 11.7 Å². The zero-order valence-corrected chi connectivity index (χ0v) is 15.0. The molecule has 0 amide bonds. The molecule has 2 N–H and O–H groups in total. The molecule has 0 aromatic heterocycles. The maximum Gasteiger partial charge on any atom is 0.303 e. The summed E-state index contributed by atoms with van der Waals surface area (Å²) in [4.78, 5) is 11.7. The quantitative estimate of drug-likeness (QED) is 0.726. The van der Waals surface area contributed by atoms with E-state index in [-0.39, 0.29) is 35.2 Å². The first-order valence-electron chi connectivity index (χ1n) is 8.85. The van der Waals surface area contributed by atoms with Crippen LogP contribution in [0.2, 0.25) is 0 Å². The Morgan fingerprint density at radius 2 is 1.92 bits per heavy atom. The van der Waals surface area contributed by atoms with Crippen LogP contribution in [-0.2, 0) is 19.0 Å². The van der Waals surface area contributed by atoms with Gasteiger partial charge in [-0.2, -0.15) is 0 Å². The minimum Gasteiger partial charge on any atom is -0.459 e. The van der Waals surface area contributed by atoms with Gasteiger partial charge in [0.25, 0.3) is 0 Å². The largest absolute Gasteiger partial charge is 0.459 e. The number of aliphatic hydroxyl groups is 2. The first kappa shape index (κ1) is 16.8. The van der Waals surface area contributed by atoms with Gasteiger partial charge in [0.2, 0.25) is 0 Å². The molecule has 2 aliphatic carbocycles. The van der Waals surface area contributed by atoms with Crippen molar-refractivity contribution in [3.05, 3.63) is 0 Å². The fourth-order valence-corrected chi connectivity index (χ4v) is 6.53. The monoisotopic (exact) mass is 340 g/mol. The summed E-state index contributed by atoms with van der Waals surface area (Å²) in [5.41, 5.74) is -1.94. The molecule has 0 aromatic rings. The summed E-state index contributed by atoms with van der Waals surface area (Å²) in [6.45, 7) is 7.38. The van der Waals surface area contributed by atoms with Crippen molar-refractivity contribution in [3.8, 4) is 0 Å². The van der Waals surface area contributed by atoms with Crippen molar-refractivity contribution in [2.45, 2.75) is 76.2 Å². The van der Waals surface area contributed by atoms with Crippen LogP contribution in [0.25, 0.3) is 0 Å². The van der Waals surface area contributed by atoms with E-state index in [4.69, 9.17) is 14.2 Å². The molecule has 6 heteroatoms. The van der Waals surface area contributed by atoms with E-state index >= 15 is 0 Å². The third-order valence-corrected chi connectivity index (χ3v) is 7.33. The van der Waals surface area contributed by atoms with Crippen molar-refractivity contribution >= 4 is 5.97 Å². The van der Waals surface area contributed by atoms with Gasteiger partial charge in [-0.15, -0.1) is 0 Å². The number of carbonyl (C=O) groups is 1. The number of carbonyl (C=O) groups excluding carboxylic acids is 1. The summed E-state index contributed by atoms with van der Waals surface area (Å²) >= 11 is 0. The molecule has 0 radical (unpaired) electrons. The van der Waals surface area contributed by atoms with E-state index in [1.54, 1.807) is 14.0 Å². The van der Waals surface area contributed by atoms with Crippen molar-refractivity contribution < 1.29 is 29.2 Å². The van der Waals surface area contributed by atoms with Crippen LogP contribution < -0.4 is 0 Å². The van der Waals surface area contributed by atoms with Gasteiger partial charge < -0.3 is 24.4 Å². The fraction of sp³-hybridized carbons (Fsp3) is 0.944. The Balaban J connectivity index is 1.84. The predicted octanol–water partition coefficient (Wildman–Crippen LogP) is 0.878. The average Bonchev–Trinajstić information content (AvgIpc) is 2.84. The molecule has 1 spiro atoms. The van der Waals surface area contributed by atoms with Gasteiger partial charge in [-0.25, -0.2) is 0 Å². The summed E-state index contributed by atoms with van der Waals surface area (Å²) in [6.07, 6.45) is -0.712. The van der Waals surface area contributed by atoms with Gasteiger partial charge in [0, 0.05) is 38.2 Å². The SMILES string of the molecule is CO[C@@H]1[C@H](O)[C@@H]2[C@H]3O[C@]4([C@H](OC(C)=O)C[C@](C)(O)[C@H]13)[C@H]2CC4(C)C. The number of aliphatic hydroxyl groups excluding tert-OH is 1. The van der Waals surface area contributed by atoms with Gasteiger partial charge >= 0.3 is 5.97 Å². The molecule has 2 aliphatic heterocycles. The number of ether oxygens (including phenoxy) is 3. The highest BCUT2D eigenvalue weighted by molar-refractivity contribution is 5.66. The van der Waals surface area contributed by atoms with Gasteiger partial charge in [-0.3, -0.25) is 4.79 Å². The molecule has 2 saturated heterocycles. The zero-order chi connectivity index (χ0) is 17.7. The standard InChI is InChI=1S/C18H28O6/c1-8(19)23-10-7-17(4,21)12-14-11(13(20)15(12)22-5)9-6-16(2,3)18(9,10)24-14/h9-15,20-21H,6-7H2,1-5H3/t9-,10+,11+,12-,13+,14+,15-,17-,18-/m0/s1. The second-order valence-electron chi connectivity index (χ2n) is 9.02. The summed E-state index contributed by atoms with van der Waals surface area (Å²) in [5.74, 6) is -0.661. The summed E-state index contributed by atoms with van der Waals surface area (Å²) in [5, 5.41) is 22.1. The molecular formula is C18H28O6. The molecule has 24 heavy (non-hydrogen) atoms. The van der Waals surface area contributed by atoms with Gasteiger partial charge in [0.05, 0.1) is 23.9 Å². The third kappa shape index (κ3) is 1.73. The normalized spacial score (nSPS) is 57.0. The molecule has 2 saturated carbocycles. The van der Waals surface area contributed by atoms with E-state index in [9.17, 15) is 15.0 Å². The van der Waals surface area contributed by atoms with Crippen LogP contribution in [0.15, 0.2) is 0 Å². The Hall–Kier alpha value is -0.690. The zero-order valence-electron chi connectivity index (χ0n) is 15.0. The Kier molecular flexibility index (Phi) is 3.30. The summed E-state index contributed by atoms with van der Waals surface area (Å²) < 4.78 is 17.8. The van der Waals surface area contributed by atoms with Crippen LogP contribution >= 0.6 is 0 Å². The maximum atomic E-state index is 11.7. The van der Waals surface area contributed by atoms with Gasteiger partial charge in [0.15, 0.2) is 0 Å². The van der Waals surface area contributed by atoms with Crippen molar-refractivity contribution in [1.82, 2.24) is 0 Å². The number of rotatable bonds is 2. The molecule has 2 bridgehead atoms. The Morgan fingerprint density at radius 1 is 1.25 bits per heavy atom. The molecular weight excluding hydrogens is 312 g/mol. The molecule has 2 heterocycles. The van der Waals surface area contributed by atoms with E-state index in [1.807, 2.05) is 0 Å². The van der Waals surface area contributed by atoms with E-state index < -0.39 is 29.5 Å². The highest BCUT2D eigenvalue weighted by atomic mass is 16.6. The minimum absolute atomic E-state index is 0.0854. The average molecular weight is 340 g/mol. The van der Waals surface area contributed by atoms with Crippen LogP contribution in [0.1, 0.15) is 40.5 Å². The second-order valence-corrected chi connectivity index (χ2v) is 9.02. The van der Waals surface area contributed by atoms with Crippen LogP contribution in [0.3, 0.4) is 0 Å². The minimum atomic E-state index is -1.14. The second kappa shape index (κ2) is 4.72. The molecule has 6 nitrogen and oxygen atoms in total. The Morgan fingerprint density at radius 3 is 2.46 bits per heavy atom. The highest BCUT2D eigenvalue weighted by Crippen LogP contribution is 2.72. The van der Waals surface area contributed by atoms with Crippen LogP contribution in [0.5, 0.6) is 0 Å². The number of esters is 1. The first-order valence-corrected chi connectivity index (χ1v) is 8.85. The lowest BCUT2D eigenvalue weighted by molar-refractivity contribution is -0.258. The molecule has 9 atom stereocenters. The molecule has 136 valence electrons.